The fourth-order valence-corrected chi connectivity index (χ4v) is 1.70. The molecule has 0 saturated carbocycles. The van der Waals surface area contributed by atoms with E-state index in [0.717, 1.165) is 16.9 Å². The van der Waals surface area contributed by atoms with Crippen LogP contribution in [0.2, 0.25) is 5.02 Å². The molecule has 0 aromatic heterocycles. The summed E-state index contributed by atoms with van der Waals surface area (Å²) in [6.07, 6.45) is 2.24. The first-order valence-electron chi connectivity index (χ1n) is 6.37. The molecular weight excluding hydrogens is 272 g/mol. The number of hydrogen-bond acceptors (Lipinski definition) is 2. The van der Waals surface area contributed by atoms with Crippen molar-refractivity contribution in [3.8, 4) is 0 Å². The fourth-order valence-electron chi connectivity index (χ4n) is 1.58. The first kappa shape index (κ1) is 14.3. The molecule has 0 aliphatic rings. The van der Waals surface area contributed by atoms with Gasteiger partial charge in [-0.05, 0) is 42.0 Å². The van der Waals surface area contributed by atoms with Gasteiger partial charge in [0.25, 0.3) is 0 Å². The van der Waals surface area contributed by atoms with Crippen molar-refractivity contribution >= 4 is 35.1 Å². The third-order valence-corrected chi connectivity index (χ3v) is 2.96. The fraction of sp³-hybridized carbons (Fsp3) is 0.125. The number of anilines is 1. The van der Waals surface area contributed by atoms with Gasteiger partial charge in [-0.15, -0.1) is 0 Å². The minimum Gasteiger partial charge on any atom is -0.326 e. The van der Waals surface area contributed by atoms with Crippen LogP contribution >= 0.6 is 11.6 Å². The Balaban J connectivity index is 2.03. The Morgan fingerprint density at radius 2 is 1.80 bits per heavy atom. The van der Waals surface area contributed by atoms with Crippen LogP contribution < -0.4 is 5.32 Å². The highest BCUT2D eigenvalue weighted by molar-refractivity contribution is 6.30. The summed E-state index contributed by atoms with van der Waals surface area (Å²) < 4.78 is 0. The Labute approximate surface area is 123 Å². The molecule has 0 spiro atoms. The average molecular weight is 287 g/mol. The highest BCUT2D eigenvalue weighted by Crippen LogP contribution is 2.17. The maximum atomic E-state index is 11.3. The third-order valence-electron chi connectivity index (χ3n) is 2.70. The van der Waals surface area contributed by atoms with Gasteiger partial charge in [0.1, 0.15) is 0 Å². The molecule has 0 fully saturated rings. The van der Waals surface area contributed by atoms with Crippen LogP contribution in [-0.4, -0.2) is 12.1 Å². The van der Waals surface area contributed by atoms with Gasteiger partial charge in [0.15, 0.2) is 0 Å². The number of amides is 1. The zero-order valence-corrected chi connectivity index (χ0v) is 11.9. The molecule has 0 radical (unpaired) electrons. The minimum atomic E-state index is 0.00224. The Morgan fingerprint density at radius 1 is 1.15 bits per heavy atom. The Morgan fingerprint density at radius 3 is 2.40 bits per heavy atom. The summed E-state index contributed by atoms with van der Waals surface area (Å²) >= 11 is 5.82. The van der Waals surface area contributed by atoms with Crippen LogP contribution in [0.25, 0.3) is 0 Å². The van der Waals surface area contributed by atoms with Crippen molar-refractivity contribution in [1.82, 2.24) is 0 Å². The van der Waals surface area contributed by atoms with Gasteiger partial charge < -0.3 is 5.32 Å². The molecule has 4 heteroatoms. The van der Waals surface area contributed by atoms with Crippen LogP contribution in [0.3, 0.4) is 0 Å². The second kappa shape index (κ2) is 6.87. The molecule has 2 aromatic rings. The largest absolute Gasteiger partial charge is 0.326 e. The number of carbonyl (C=O) groups excluding carboxylic acids is 1. The SMILES string of the molecule is CCC(=O)Nc1ccc(N=Cc2ccc(Cl)cc2)cc1. The van der Waals surface area contributed by atoms with Crippen LogP contribution in [0, 0.1) is 0 Å². The number of nitrogens with zero attached hydrogens (tertiary/aromatic N) is 1. The quantitative estimate of drug-likeness (QED) is 0.830. The standard InChI is InChI=1S/C16H15ClN2O/c1-2-16(20)19-15-9-7-14(8-10-15)18-11-12-3-5-13(17)6-4-12/h3-11H,2H2,1H3,(H,19,20). The van der Waals surface area contributed by atoms with Crippen LogP contribution in [0.15, 0.2) is 53.5 Å². The number of aliphatic imine (C=N–C) groups is 1. The number of rotatable bonds is 4. The first-order chi connectivity index (χ1) is 9.67. The van der Waals surface area contributed by atoms with E-state index < -0.39 is 0 Å². The summed E-state index contributed by atoms with van der Waals surface area (Å²) in [7, 11) is 0. The zero-order chi connectivity index (χ0) is 14.4. The molecule has 0 heterocycles. The summed E-state index contributed by atoms with van der Waals surface area (Å²) in [5.41, 5.74) is 2.59. The van der Waals surface area contributed by atoms with Gasteiger partial charge in [-0.1, -0.05) is 30.7 Å². The Kier molecular flexibility index (Phi) is 4.91. The molecule has 102 valence electrons. The zero-order valence-electron chi connectivity index (χ0n) is 11.1. The van der Waals surface area contributed by atoms with E-state index in [2.05, 4.69) is 10.3 Å². The lowest BCUT2D eigenvalue weighted by molar-refractivity contribution is -0.115. The van der Waals surface area contributed by atoms with Crippen LogP contribution in [0.5, 0.6) is 0 Å². The number of carbonyl (C=O) groups is 1. The molecular formula is C16H15ClN2O. The summed E-state index contributed by atoms with van der Waals surface area (Å²) in [6, 6.07) is 14.8. The smallest absolute Gasteiger partial charge is 0.224 e. The van der Waals surface area contributed by atoms with E-state index in [9.17, 15) is 4.79 Å². The molecule has 0 aliphatic carbocycles. The van der Waals surface area contributed by atoms with Gasteiger partial charge in [0.2, 0.25) is 5.91 Å². The lowest BCUT2D eigenvalue weighted by Gasteiger charge is -2.03. The Bertz CT molecular complexity index is 603. The molecule has 1 N–H and O–H groups in total. The van der Waals surface area contributed by atoms with E-state index in [1.165, 1.54) is 0 Å². The van der Waals surface area contributed by atoms with Crippen molar-refractivity contribution < 1.29 is 4.79 Å². The molecule has 1 amide bonds. The van der Waals surface area contributed by atoms with Crippen molar-refractivity contribution in [2.24, 2.45) is 4.99 Å². The van der Waals surface area contributed by atoms with Gasteiger partial charge in [-0.3, -0.25) is 9.79 Å². The molecule has 2 aromatic carbocycles. The summed E-state index contributed by atoms with van der Waals surface area (Å²) in [6.45, 7) is 1.82. The molecule has 3 nitrogen and oxygen atoms in total. The van der Waals surface area contributed by atoms with Crippen molar-refractivity contribution in [1.29, 1.82) is 0 Å². The summed E-state index contributed by atoms with van der Waals surface area (Å²) in [5, 5.41) is 3.50. The highest BCUT2D eigenvalue weighted by Gasteiger charge is 1.98. The number of benzene rings is 2. The second-order valence-corrected chi connectivity index (χ2v) is 4.69. The topological polar surface area (TPSA) is 41.5 Å². The Hall–Kier alpha value is -2.13. The normalized spacial score (nSPS) is 10.7. The van der Waals surface area contributed by atoms with E-state index in [1.807, 2.05) is 55.5 Å². The first-order valence-corrected chi connectivity index (χ1v) is 6.74. The van der Waals surface area contributed by atoms with Gasteiger partial charge in [-0.25, -0.2) is 0 Å². The predicted molar refractivity (Wildman–Crippen MR) is 84.1 cm³/mol. The van der Waals surface area contributed by atoms with E-state index in [-0.39, 0.29) is 5.91 Å². The number of hydrogen-bond donors (Lipinski definition) is 1. The van der Waals surface area contributed by atoms with Crippen LogP contribution in [-0.2, 0) is 4.79 Å². The van der Waals surface area contributed by atoms with Crippen molar-refractivity contribution in [2.45, 2.75) is 13.3 Å². The third kappa shape index (κ3) is 4.21. The number of halogens is 1. The molecule has 0 atom stereocenters. The van der Waals surface area contributed by atoms with Gasteiger partial charge in [0, 0.05) is 23.3 Å². The molecule has 0 aliphatic heterocycles. The number of nitrogens with one attached hydrogen (secondary N) is 1. The maximum absolute atomic E-state index is 11.3. The lowest BCUT2D eigenvalue weighted by atomic mass is 10.2. The lowest BCUT2D eigenvalue weighted by Crippen LogP contribution is -2.08. The summed E-state index contributed by atoms with van der Waals surface area (Å²) in [4.78, 5) is 15.6. The molecule has 20 heavy (non-hydrogen) atoms. The van der Waals surface area contributed by atoms with Crippen LogP contribution in [0.4, 0.5) is 11.4 Å². The monoisotopic (exact) mass is 286 g/mol. The molecule has 0 saturated heterocycles. The van der Waals surface area contributed by atoms with Crippen molar-refractivity contribution in [3.05, 3.63) is 59.1 Å². The van der Waals surface area contributed by atoms with Crippen molar-refractivity contribution in [3.63, 3.8) is 0 Å². The van der Waals surface area contributed by atoms with E-state index in [4.69, 9.17) is 11.6 Å². The molecule has 0 unspecified atom stereocenters. The van der Waals surface area contributed by atoms with E-state index in [1.54, 1.807) is 6.21 Å². The second-order valence-electron chi connectivity index (χ2n) is 4.26. The average Bonchev–Trinajstić information content (AvgIpc) is 2.48. The van der Waals surface area contributed by atoms with E-state index in [0.29, 0.717) is 11.4 Å². The van der Waals surface area contributed by atoms with Gasteiger partial charge in [0.05, 0.1) is 5.69 Å². The molecule has 0 bridgehead atoms. The van der Waals surface area contributed by atoms with E-state index >= 15 is 0 Å². The maximum Gasteiger partial charge on any atom is 0.224 e. The highest BCUT2D eigenvalue weighted by atomic mass is 35.5. The predicted octanol–water partition coefficient (Wildman–Crippen LogP) is 4.44. The van der Waals surface area contributed by atoms with Gasteiger partial charge >= 0.3 is 0 Å². The van der Waals surface area contributed by atoms with Gasteiger partial charge in [-0.2, -0.15) is 0 Å². The summed E-state index contributed by atoms with van der Waals surface area (Å²) in [5.74, 6) is 0.00224. The minimum absolute atomic E-state index is 0.00224. The van der Waals surface area contributed by atoms with Crippen molar-refractivity contribution in [2.75, 3.05) is 5.32 Å². The molecule has 2 rings (SSSR count). The van der Waals surface area contributed by atoms with Crippen LogP contribution in [0.1, 0.15) is 18.9 Å².